The Bertz CT molecular complexity index is 790. The van der Waals surface area contributed by atoms with E-state index in [-0.39, 0.29) is 0 Å². The van der Waals surface area contributed by atoms with Crippen LogP contribution >= 0.6 is 0 Å². The van der Waals surface area contributed by atoms with Gasteiger partial charge in [-0.1, -0.05) is 0 Å². The van der Waals surface area contributed by atoms with Crippen molar-refractivity contribution in [1.82, 2.24) is 0 Å². The summed E-state index contributed by atoms with van der Waals surface area (Å²) in [6.45, 7) is 0.986. The van der Waals surface area contributed by atoms with Crippen molar-refractivity contribution in [3.05, 3.63) is 59.9 Å². The monoisotopic (exact) mass is 360 g/mol. The van der Waals surface area contributed by atoms with Crippen LogP contribution in [-0.2, 0) is 14.3 Å². The Morgan fingerprint density at radius 2 is 1.69 bits per heavy atom. The number of anilines is 1. The maximum Gasteiger partial charge on any atom is 0.344 e. The Labute approximate surface area is 148 Å². The number of esters is 1. The van der Waals surface area contributed by atoms with Crippen molar-refractivity contribution in [2.24, 2.45) is 5.73 Å². The summed E-state index contributed by atoms with van der Waals surface area (Å²) in [5, 5.41) is 2.54. The Morgan fingerprint density at radius 3 is 2.27 bits per heavy atom. The fourth-order valence-electron chi connectivity index (χ4n) is 1.92. The minimum atomic E-state index is -1.06. The highest BCUT2D eigenvalue weighted by Gasteiger charge is 2.18. The summed E-state index contributed by atoms with van der Waals surface area (Å²) in [4.78, 5) is 34.7. The molecule has 2 aromatic rings. The molecule has 136 valence electrons. The van der Waals surface area contributed by atoms with Crippen LogP contribution in [0.25, 0.3) is 0 Å². The summed E-state index contributed by atoms with van der Waals surface area (Å²) in [5.41, 5.74) is 5.86. The lowest BCUT2D eigenvalue weighted by atomic mass is 10.2. The normalized spacial score (nSPS) is 11.3. The van der Waals surface area contributed by atoms with Crippen molar-refractivity contribution in [3.63, 3.8) is 0 Å². The van der Waals surface area contributed by atoms with E-state index >= 15 is 0 Å². The number of hydrogen-bond donors (Lipinski definition) is 2. The molecule has 0 aromatic heterocycles. The molecule has 2 amide bonds. The summed E-state index contributed by atoms with van der Waals surface area (Å²) in [5.74, 6) is -2.00. The third-order valence-corrected chi connectivity index (χ3v) is 3.28. The predicted molar refractivity (Wildman–Crippen MR) is 91.0 cm³/mol. The Morgan fingerprint density at radius 1 is 1.08 bits per heavy atom. The Kier molecular flexibility index (Phi) is 6.26. The molecule has 1 atom stereocenters. The van der Waals surface area contributed by atoms with E-state index in [1.807, 2.05) is 0 Å². The molecule has 0 saturated heterocycles. The van der Waals surface area contributed by atoms with E-state index in [1.165, 1.54) is 55.5 Å². The van der Waals surface area contributed by atoms with Crippen molar-refractivity contribution in [2.75, 3.05) is 11.9 Å². The van der Waals surface area contributed by atoms with Crippen molar-refractivity contribution < 1.29 is 28.2 Å². The number of ether oxygens (including phenoxy) is 2. The van der Waals surface area contributed by atoms with Crippen LogP contribution in [0, 0.1) is 5.82 Å². The van der Waals surface area contributed by atoms with Crippen molar-refractivity contribution in [2.45, 2.75) is 13.0 Å². The molecular formula is C18H17FN2O5. The van der Waals surface area contributed by atoms with E-state index < -0.39 is 36.3 Å². The molecular weight excluding hydrogens is 343 g/mol. The predicted octanol–water partition coefficient (Wildman–Crippen LogP) is 1.87. The minimum absolute atomic E-state index is 0.301. The van der Waals surface area contributed by atoms with Gasteiger partial charge >= 0.3 is 5.97 Å². The van der Waals surface area contributed by atoms with Gasteiger partial charge < -0.3 is 20.5 Å². The third kappa shape index (κ3) is 5.59. The zero-order valence-corrected chi connectivity index (χ0v) is 13.9. The highest BCUT2D eigenvalue weighted by Crippen LogP contribution is 2.12. The van der Waals surface area contributed by atoms with Crippen LogP contribution in [0.15, 0.2) is 48.5 Å². The van der Waals surface area contributed by atoms with Gasteiger partial charge in [0.15, 0.2) is 12.7 Å². The van der Waals surface area contributed by atoms with E-state index in [0.29, 0.717) is 17.0 Å². The number of nitrogens with two attached hydrogens (primary N) is 1. The number of carbonyl (C=O) groups is 3. The number of hydrogen-bond acceptors (Lipinski definition) is 5. The second-order valence-corrected chi connectivity index (χ2v) is 5.31. The highest BCUT2D eigenvalue weighted by molar-refractivity contribution is 5.96. The fourth-order valence-corrected chi connectivity index (χ4v) is 1.92. The molecule has 0 fully saturated rings. The molecule has 0 unspecified atom stereocenters. The standard InChI is InChI=1S/C18H17FN2O5/c1-11(18(24)21-14-6-2-12(3-7-14)17(20)23)26-16(22)10-25-15-8-4-13(19)5-9-15/h2-9,11H,10H2,1H3,(H2,20,23)(H,21,24)/t11-/m0/s1. The van der Waals surface area contributed by atoms with Gasteiger partial charge in [0, 0.05) is 11.3 Å². The van der Waals surface area contributed by atoms with Crippen LogP contribution in [0.5, 0.6) is 5.75 Å². The average Bonchev–Trinajstić information content (AvgIpc) is 2.61. The molecule has 0 bridgehead atoms. The van der Waals surface area contributed by atoms with E-state index in [0.717, 1.165) is 0 Å². The van der Waals surface area contributed by atoms with Gasteiger partial charge in [-0.05, 0) is 55.5 Å². The van der Waals surface area contributed by atoms with Crippen LogP contribution in [0.4, 0.5) is 10.1 Å². The summed E-state index contributed by atoms with van der Waals surface area (Å²) in [6.07, 6.45) is -1.06. The van der Waals surface area contributed by atoms with Crippen molar-refractivity contribution in [1.29, 1.82) is 0 Å². The second-order valence-electron chi connectivity index (χ2n) is 5.31. The number of rotatable bonds is 7. The second kappa shape index (κ2) is 8.61. The third-order valence-electron chi connectivity index (χ3n) is 3.28. The largest absolute Gasteiger partial charge is 0.482 e. The molecule has 0 saturated carbocycles. The summed E-state index contributed by atoms with van der Waals surface area (Å²) in [6, 6.07) is 11.1. The van der Waals surface area contributed by atoms with Gasteiger partial charge in [0.05, 0.1) is 0 Å². The smallest absolute Gasteiger partial charge is 0.344 e. The van der Waals surface area contributed by atoms with Crippen LogP contribution < -0.4 is 15.8 Å². The van der Waals surface area contributed by atoms with E-state index in [9.17, 15) is 18.8 Å². The number of halogens is 1. The Balaban J connectivity index is 1.80. The first kappa shape index (κ1) is 18.9. The van der Waals surface area contributed by atoms with Gasteiger partial charge in [0.25, 0.3) is 5.91 Å². The molecule has 0 aliphatic heterocycles. The minimum Gasteiger partial charge on any atom is -0.482 e. The van der Waals surface area contributed by atoms with E-state index in [2.05, 4.69) is 5.32 Å². The number of benzene rings is 2. The van der Waals surface area contributed by atoms with Gasteiger partial charge in [-0.3, -0.25) is 9.59 Å². The zero-order valence-electron chi connectivity index (χ0n) is 13.9. The van der Waals surface area contributed by atoms with E-state index in [4.69, 9.17) is 15.2 Å². The van der Waals surface area contributed by atoms with Gasteiger partial charge in [-0.25, -0.2) is 9.18 Å². The lowest BCUT2D eigenvalue weighted by Gasteiger charge is -2.14. The number of primary amides is 1. The van der Waals surface area contributed by atoms with Crippen molar-refractivity contribution >= 4 is 23.5 Å². The van der Waals surface area contributed by atoms with Crippen LogP contribution in [0.3, 0.4) is 0 Å². The molecule has 7 nitrogen and oxygen atoms in total. The zero-order chi connectivity index (χ0) is 19.1. The first-order chi connectivity index (χ1) is 12.3. The Hall–Kier alpha value is -3.42. The van der Waals surface area contributed by atoms with Crippen LogP contribution in [0.2, 0.25) is 0 Å². The van der Waals surface area contributed by atoms with Gasteiger partial charge in [-0.2, -0.15) is 0 Å². The molecule has 0 heterocycles. The summed E-state index contributed by atoms with van der Waals surface area (Å²) >= 11 is 0. The molecule has 0 radical (unpaired) electrons. The molecule has 0 aliphatic carbocycles. The van der Waals surface area contributed by atoms with Crippen LogP contribution in [0.1, 0.15) is 17.3 Å². The summed E-state index contributed by atoms with van der Waals surface area (Å²) in [7, 11) is 0. The van der Waals surface area contributed by atoms with Gasteiger partial charge in [-0.15, -0.1) is 0 Å². The first-order valence-corrected chi connectivity index (χ1v) is 7.63. The first-order valence-electron chi connectivity index (χ1n) is 7.63. The average molecular weight is 360 g/mol. The van der Waals surface area contributed by atoms with E-state index in [1.54, 1.807) is 0 Å². The van der Waals surface area contributed by atoms with Gasteiger partial charge in [0.1, 0.15) is 11.6 Å². The number of amides is 2. The maximum absolute atomic E-state index is 12.8. The molecule has 3 N–H and O–H groups in total. The molecule has 8 heteroatoms. The molecule has 26 heavy (non-hydrogen) atoms. The summed E-state index contributed by atoms with van der Waals surface area (Å²) < 4.78 is 22.9. The molecule has 0 spiro atoms. The SMILES string of the molecule is C[C@H](OC(=O)COc1ccc(F)cc1)C(=O)Nc1ccc(C(N)=O)cc1. The molecule has 0 aliphatic rings. The molecule has 2 aromatic carbocycles. The lowest BCUT2D eigenvalue weighted by Crippen LogP contribution is -2.31. The maximum atomic E-state index is 12.8. The number of nitrogens with one attached hydrogen (secondary N) is 1. The van der Waals surface area contributed by atoms with Crippen LogP contribution in [-0.4, -0.2) is 30.5 Å². The number of carbonyl (C=O) groups excluding carboxylic acids is 3. The fraction of sp³-hybridized carbons (Fsp3) is 0.167. The topological polar surface area (TPSA) is 108 Å². The quantitative estimate of drug-likeness (QED) is 0.733. The highest BCUT2D eigenvalue weighted by atomic mass is 19.1. The van der Waals surface area contributed by atoms with Gasteiger partial charge in [0.2, 0.25) is 5.91 Å². The molecule has 2 rings (SSSR count). The van der Waals surface area contributed by atoms with Crippen molar-refractivity contribution in [3.8, 4) is 5.75 Å². The lowest BCUT2D eigenvalue weighted by molar-refractivity contribution is -0.155.